The maximum absolute atomic E-state index is 14.2. The highest BCUT2D eigenvalue weighted by Crippen LogP contribution is 2.40. The van der Waals surface area contributed by atoms with Crippen molar-refractivity contribution in [3.8, 4) is 0 Å². The number of esters is 1. The van der Waals surface area contributed by atoms with E-state index >= 15 is 0 Å². The van der Waals surface area contributed by atoms with Crippen LogP contribution in [0.4, 0.5) is 4.39 Å². The molecule has 0 radical (unpaired) electrons. The van der Waals surface area contributed by atoms with Crippen LogP contribution >= 0.6 is 0 Å². The molecule has 1 unspecified atom stereocenters. The van der Waals surface area contributed by atoms with Crippen LogP contribution in [0.2, 0.25) is 0 Å². The van der Waals surface area contributed by atoms with E-state index < -0.39 is 35.3 Å². The first-order valence-corrected chi connectivity index (χ1v) is 10.1. The van der Waals surface area contributed by atoms with Crippen LogP contribution in [0.5, 0.6) is 0 Å². The third-order valence-electron chi connectivity index (χ3n) is 5.54. The molecule has 3 aromatic rings. The number of carbonyl (C=O) groups is 3. The molecule has 1 atom stereocenters. The van der Waals surface area contributed by atoms with Gasteiger partial charge in [-0.2, -0.15) is 0 Å². The summed E-state index contributed by atoms with van der Waals surface area (Å²) in [6.45, 7) is 1.55. The Kier molecular flexibility index (Phi) is 5.83. The molecule has 0 spiro atoms. The number of aryl methyl sites for hydroxylation is 1. The van der Waals surface area contributed by atoms with Crippen molar-refractivity contribution in [3.05, 3.63) is 100 Å². The number of amides is 1. The third-order valence-corrected chi connectivity index (χ3v) is 5.54. The number of aliphatic hydroxyl groups excluding tert-OH is 1. The van der Waals surface area contributed by atoms with Gasteiger partial charge in [-0.25, -0.2) is 9.18 Å². The number of Topliss-reactive ketones (excluding diaryl/α,β-unsaturated/α-hetero) is 1. The van der Waals surface area contributed by atoms with Crippen LogP contribution < -0.4 is 0 Å². The summed E-state index contributed by atoms with van der Waals surface area (Å²) in [5.74, 6) is -2.88. The third kappa shape index (κ3) is 4.03. The summed E-state index contributed by atoms with van der Waals surface area (Å²) in [6, 6.07) is 12.5. The van der Waals surface area contributed by atoms with Gasteiger partial charge >= 0.3 is 5.97 Å². The molecule has 7 nitrogen and oxygen atoms in total. The van der Waals surface area contributed by atoms with Crippen LogP contribution in [0.15, 0.2) is 70.9 Å². The highest BCUT2D eigenvalue weighted by atomic mass is 19.1. The summed E-state index contributed by atoms with van der Waals surface area (Å²) < 4.78 is 24.2. The van der Waals surface area contributed by atoms with Crippen molar-refractivity contribution < 1.29 is 33.0 Å². The molecule has 1 amide bonds. The van der Waals surface area contributed by atoms with Gasteiger partial charge in [-0.15, -0.1) is 0 Å². The van der Waals surface area contributed by atoms with Crippen LogP contribution in [0.3, 0.4) is 0 Å². The molecule has 168 valence electrons. The Bertz CT molecular complexity index is 1260. The zero-order chi connectivity index (χ0) is 23.7. The fraction of sp³-hybridized carbons (Fsp3) is 0.160. The van der Waals surface area contributed by atoms with Gasteiger partial charge in [-0.1, -0.05) is 24.3 Å². The molecule has 0 saturated carbocycles. The fourth-order valence-corrected chi connectivity index (χ4v) is 3.78. The van der Waals surface area contributed by atoms with Gasteiger partial charge in [0.1, 0.15) is 17.3 Å². The highest BCUT2D eigenvalue weighted by Gasteiger charge is 2.46. The van der Waals surface area contributed by atoms with Crippen LogP contribution in [0, 0.1) is 12.7 Å². The van der Waals surface area contributed by atoms with Crippen molar-refractivity contribution in [2.45, 2.75) is 19.5 Å². The fourth-order valence-electron chi connectivity index (χ4n) is 3.78. The average Bonchev–Trinajstić information content (AvgIpc) is 3.42. The minimum atomic E-state index is -0.980. The number of ketones is 1. The number of halogens is 1. The van der Waals surface area contributed by atoms with Gasteiger partial charge in [0.2, 0.25) is 0 Å². The Morgan fingerprint density at radius 2 is 1.82 bits per heavy atom. The van der Waals surface area contributed by atoms with E-state index in [1.807, 2.05) is 0 Å². The number of aliphatic hydroxyl groups is 1. The number of hydrogen-bond acceptors (Lipinski definition) is 6. The Morgan fingerprint density at radius 3 is 2.42 bits per heavy atom. The predicted molar refractivity (Wildman–Crippen MR) is 115 cm³/mol. The summed E-state index contributed by atoms with van der Waals surface area (Å²) in [5.41, 5.74) is 1.03. The molecule has 1 fully saturated rings. The molecule has 0 bridgehead atoms. The molecule has 0 aliphatic carbocycles. The Labute approximate surface area is 188 Å². The summed E-state index contributed by atoms with van der Waals surface area (Å²) in [5, 5.41) is 11.0. The summed E-state index contributed by atoms with van der Waals surface area (Å²) in [6.07, 6.45) is 1.45. The predicted octanol–water partition coefficient (Wildman–Crippen LogP) is 4.14. The van der Waals surface area contributed by atoms with Crippen molar-refractivity contribution >= 4 is 23.4 Å². The van der Waals surface area contributed by atoms with E-state index in [9.17, 15) is 23.9 Å². The number of benzene rings is 2. The summed E-state index contributed by atoms with van der Waals surface area (Å²) in [7, 11) is 1.26. The van der Waals surface area contributed by atoms with Crippen molar-refractivity contribution in [1.82, 2.24) is 4.90 Å². The van der Waals surface area contributed by atoms with Gasteiger partial charge in [-0.3, -0.25) is 9.59 Å². The Balaban J connectivity index is 1.85. The zero-order valence-electron chi connectivity index (χ0n) is 17.9. The van der Waals surface area contributed by atoms with E-state index in [4.69, 9.17) is 9.15 Å². The zero-order valence-corrected chi connectivity index (χ0v) is 17.9. The summed E-state index contributed by atoms with van der Waals surface area (Å²) in [4.78, 5) is 39.0. The number of methoxy groups -OCH3 is 1. The lowest BCUT2D eigenvalue weighted by Crippen LogP contribution is -2.29. The van der Waals surface area contributed by atoms with Crippen molar-refractivity contribution in [3.63, 3.8) is 0 Å². The largest absolute Gasteiger partial charge is 0.507 e. The maximum Gasteiger partial charge on any atom is 0.337 e. The van der Waals surface area contributed by atoms with Gasteiger partial charge in [-0.05, 0) is 48.4 Å². The number of rotatable bonds is 5. The molecule has 2 heterocycles. The number of hydrogen-bond donors (Lipinski definition) is 1. The SMILES string of the molecule is COC(=O)c1ccc(C2/C(=C(/O)c3ccc(C)c(F)c3)C(=O)C(=O)N2Cc2ccco2)cc1. The van der Waals surface area contributed by atoms with Crippen LogP contribution in [0.25, 0.3) is 5.76 Å². The van der Waals surface area contributed by atoms with Crippen molar-refractivity contribution in [1.29, 1.82) is 0 Å². The average molecular weight is 449 g/mol. The minimum absolute atomic E-state index is 0.0277. The molecule has 1 aliphatic rings. The standard InChI is InChI=1S/C25H20FNO6/c1-14-5-6-17(12-19(14)26)22(28)20-21(15-7-9-16(10-8-15)25(31)32-2)27(24(30)23(20)29)13-18-4-3-11-33-18/h3-12,21,28H,13H2,1-2H3/b22-20-. The van der Waals surface area contributed by atoms with E-state index in [1.165, 1.54) is 42.5 Å². The van der Waals surface area contributed by atoms with Crippen LogP contribution in [0.1, 0.15) is 38.9 Å². The number of furan rings is 1. The first kappa shape index (κ1) is 22.0. The van der Waals surface area contributed by atoms with E-state index in [0.29, 0.717) is 16.9 Å². The number of ether oxygens (including phenoxy) is 1. The molecule has 4 rings (SSSR count). The Morgan fingerprint density at radius 1 is 1.12 bits per heavy atom. The topological polar surface area (TPSA) is 97.0 Å². The van der Waals surface area contributed by atoms with Crippen molar-refractivity contribution in [2.24, 2.45) is 0 Å². The van der Waals surface area contributed by atoms with Crippen molar-refractivity contribution in [2.75, 3.05) is 7.11 Å². The smallest absolute Gasteiger partial charge is 0.337 e. The van der Waals surface area contributed by atoms with Crippen LogP contribution in [-0.2, 0) is 20.9 Å². The first-order valence-electron chi connectivity index (χ1n) is 10.1. The second kappa shape index (κ2) is 8.74. The molecule has 2 aromatic carbocycles. The second-order valence-electron chi connectivity index (χ2n) is 7.58. The lowest BCUT2D eigenvalue weighted by atomic mass is 9.94. The molecular formula is C25H20FNO6. The Hall–Kier alpha value is -4.20. The number of nitrogens with zero attached hydrogens (tertiary/aromatic N) is 1. The second-order valence-corrected chi connectivity index (χ2v) is 7.58. The maximum atomic E-state index is 14.2. The van der Waals surface area contributed by atoms with Gasteiger partial charge in [0, 0.05) is 5.56 Å². The summed E-state index contributed by atoms with van der Waals surface area (Å²) >= 11 is 0. The minimum Gasteiger partial charge on any atom is -0.507 e. The normalized spacial score (nSPS) is 17.4. The van der Waals surface area contributed by atoms with Gasteiger partial charge in [0.25, 0.3) is 11.7 Å². The molecular weight excluding hydrogens is 429 g/mol. The molecule has 1 N–H and O–H groups in total. The highest BCUT2D eigenvalue weighted by molar-refractivity contribution is 6.46. The molecule has 33 heavy (non-hydrogen) atoms. The van der Waals surface area contributed by atoms with E-state index in [-0.39, 0.29) is 23.2 Å². The van der Waals surface area contributed by atoms with E-state index in [1.54, 1.807) is 31.2 Å². The lowest BCUT2D eigenvalue weighted by molar-refractivity contribution is -0.140. The lowest BCUT2D eigenvalue weighted by Gasteiger charge is -2.24. The monoisotopic (exact) mass is 449 g/mol. The van der Waals surface area contributed by atoms with Crippen LogP contribution in [-0.4, -0.2) is 34.8 Å². The molecule has 1 aliphatic heterocycles. The van der Waals surface area contributed by atoms with Gasteiger partial charge < -0.3 is 19.2 Å². The number of likely N-dealkylation sites (tertiary alicyclic amines) is 1. The van der Waals surface area contributed by atoms with E-state index in [0.717, 1.165) is 6.07 Å². The van der Waals surface area contributed by atoms with Gasteiger partial charge in [0.15, 0.2) is 0 Å². The van der Waals surface area contributed by atoms with E-state index in [2.05, 4.69) is 0 Å². The molecule has 1 saturated heterocycles. The first-order chi connectivity index (χ1) is 15.8. The molecule has 1 aromatic heterocycles. The number of carbonyl (C=O) groups excluding carboxylic acids is 3. The molecule has 8 heteroatoms. The quantitative estimate of drug-likeness (QED) is 0.272. The van der Waals surface area contributed by atoms with Gasteiger partial charge in [0.05, 0.1) is 37.1 Å².